The van der Waals surface area contributed by atoms with Crippen LogP contribution < -0.4 is 20.7 Å². The maximum atomic E-state index is 10.9. The molecule has 0 aliphatic carbocycles. The van der Waals surface area contributed by atoms with E-state index in [-0.39, 0.29) is 32.6 Å². The van der Waals surface area contributed by atoms with Crippen molar-refractivity contribution < 1.29 is 36.2 Å². The molecule has 8 heteroatoms. The van der Waals surface area contributed by atoms with Crippen LogP contribution in [0.2, 0.25) is 0 Å². The monoisotopic (exact) mass is 1020 g/mol. The highest BCUT2D eigenvalue weighted by molar-refractivity contribution is 7.20. The fourth-order valence-corrected chi connectivity index (χ4v) is 15.6. The fraction of sp³-hybridized carbons (Fsp3) is 0. The number of hydrogen-bond acceptors (Lipinski definition) is 5. The summed E-state index contributed by atoms with van der Waals surface area (Å²) in [7, 11) is -4.25. The number of para-hydroxylation sites is 6. The number of fused-ring (bicyclic) bond motifs is 13. The van der Waals surface area contributed by atoms with Gasteiger partial charge in [0.2, 0.25) is 5.95 Å². The zero-order valence-electron chi connectivity index (χ0n) is 59.8. The van der Waals surface area contributed by atoms with Gasteiger partial charge in [0.25, 0.3) is 0 Å². The van der Waals surface area contributed by atoms with Gasteiger partial charge in [-0.05, 0) is 81.3 Å². The molecule has 0 bridgehead atoms. The van der Waals surface area contributed by atoms with Crippen LogP contribution in [0.15, 0.2) is 269 Å². The lowest BCUT2D eigenvalue weighted by atomic mass is 10.1. The Bertz CT molecular complexity index is 6120. The summed E-state index contributed by atoms with van der Waals surface area (Å²) in [6.45, 7) is 0. The average Bonchev–Trinajstić information content (AvgIpc) is 1.65. The van der Waals surface area contributed by atoms with Crippen LogP contribution in [0.5, 0.6) is 0 Å². The topological polar surface area (TPSA) is 74.8 Å². The highest BCUT2D eigenvalue weighted by atomic mass is 28.3. The Kier molecular flexibility index (Phi) is 6.15. The maximum absolute atomic E-state index is 10.9. The number of benzene rings is 11. The van der Waals surface area contributed by atoms with Crippen molar-refractivity contribution in [3.63, 3.8) is 0 Å². The smallest absolute Gasteiger partial charge is 0.238 e. The molecule has 5 heterocycles. The first-order valence-corrected chi connectivity index (χ1v) is 26.4. The zero-order chi connectivity index (χ0) is 68.0. The molecule has 7 nitrogen and oxygen atoms in total. The summed E-state index contributed by atoms with van der Waals surface area (Å²) in [5.74, 6) is -1.96. The third-order valence-corrected chi connectivity index (χ3v) is 18.9. The molecule has 0 N–H and O–H groups in total. The Morgan fingerprint density at radius 2 is 0.961 bits per heavy atom. The normalized spacial score (nSPS) is 15.8. The molecule has 360 valence electrons. The largest absolute Gasteiger partial charge is 0.456 e. The van der Waals surface area contributed by atoms with Crippen LogP contribution >= 0.6 is 0 Å². The van der Waals surface area contributed by atoms with Gasteiger partial charge in [-0.25, -0.2) is 4.98 Å². The predicted molar refractivity (Wildman–Crippen MR) is 318 cm³/mol. The van der Waals surface area contributed by atoms with Gasteiger partial charge in [0.05, 0.1) is 60.6 Å². The van der Waals surface area contributed by atoms with Gasteiger partial charge >= 0.3 is 0 Å². The summed E-state index contributed by atoms with van der Waals surface area (Å²) in [6.07, 6.45) is 0. The van der Waals surface area contributed by atoms with Crippen molar-refractivity contribution in [1.29, 1.82) is 0 Å². The van der Waals surface area contributed by atoms with E-state index in [1.807, 2.05) is 109 Å². The van der Waals surface area contributed by atoms with Crippen LogP contribution in [-0.4, -0.2) is 32.2 Å². The summed E-state index contributed by atoms with van der Waals surface area (Å²) in [4.78, 5) is 15.1. The molecule has 0 aliphatic rings. The van der Waals surface area contributed by atoms with Gasteiger partial charge < -0.3 is 13.4 Å². The summed E-state index contributed by atoms with van der Waals surface area (Å²) in [6, 6.07) is 26.8. The molecule has 0 fully saturated rings. The number of aromatic nitrogens is 5. The van der Waals surface area contributed by atoms with Crippen LogP contribution in [0.3, 0.4) is 0 Å². The molecule has 77 heavy (non-hydrogen) atoms. The van der Waals surface area contributed by atoms with E-state index in [1.165, 1.54) is 4.57 Å². The van der Waals surface area contributed by atoms with Crippen molar-refractivity contribution in [2.75, 3.05) is 0 Å². The third kappa shape index (κ3) is 6.46. The van der Waals surface area contributed by atoms with E-state index in [9.17, 15) is 19.2 Å². The Hall–Kier alpha value is -10.2. The van der Waals surface area contributed by atoms with E-state index >= 15 is 0 Å². The average molecular weight is 1020 g/mol. The molecule has 0 spiro atoms. The van der Waals surface area contributed by atoms with E-state index < -0.39 is 185 Å². The minimum Gasteiger partial charge on any atom is -0.456 e. The van der Waals surface area contributed by atoms with Crippen molar-refractivity contribution in [3.05, 3.63) is 260 Å². The van der Waals surface area contributed by atoms with E-state index in [1.54, 1.807) is 30.3 Å². The zero-order valence-corrected chi connectivity index (χ0v) is 40.8. The lowest BCUT2D eigenvalue weighted by Gasteiger charge is -2.34. The SMILES string of the molecule is [2H]c1c([2H])c([2H])c(-n2c3c([2H])c([2H])c([2H])c([2H])c3c3c([2H])c([2H])c([2H])c([2H])c32)c(-c2nc(-c3c([2H])c([2H])c([2H])c([Si](c4ccccc4)(c4ccccc4)c4ccc5oc6ccccc6c5c4)c3[2H])nc(-n3c4ccc5c6ccccc6oc5c4c4c([2H])c([2H])c([2H])c([2H])c43)n2)c1[2H]. The number of hydrogen-bond donors (Lipinski definition) is 0. The third-order valence-electron chi connectivity index (χ3n) is 14.3. The summed E-state index contributed by atoms with van der Waals surface area (Å²) < 4.78 is 205. The molecule has 0 aliphatic heterocycles. The minimum atomic E-state index is -4.25. The molecule has 16 aromatic rings. The Morgan fingerprint density at radius 3 is 1.69 bits per heavy atom. The molecule has 11 aromatic carbocycles. The van der Waals surface area contributed by atoms with Crippen molar-refractivity contribution >= 4 is 116 Å². The van der Waals surface area contributed by atoms with Crippen LogP contribution in [0.4, 0.5) is 0 Å². The van der Waals surface area contributed by atoms with E-state index in [4.69, 9.17) is 32.0 Å². The van der Waals surface area contributed by atoms with E-state index in [0.717, 1.165) is 9.95 Å². The Balaban J connectivity index is 1.11. The highest BCUT2D eigenvalue weighted by Crippen LogP contribution is 2.41. The van der Waals surface area contributed by atoms with Crippen molar-refractivity contribution in [2.24, 2.45) is 0 Å². The Labute approximate surface area is 470 Å². The van der Waals surface area contributed by atoms with Gasteiger partial charge in [-0.15, -0.1) is 0 Å². The van der Waals surface area contributed by atoms with Crippen molar-refractivity contribution in [2.45, 2.75) is 0 Å². The van der Waals surface area contributed by atoms with Crippen LogP contribution in [0, 0.1) is 0 Å². The molecule has 0 amide bonds. The van der Waals surface area contributed by atoms with Gasteiger partial charge in [-0.3, -0.25) is 4.57 Å². The molecule has 16 rings (SSSR count). The first-order valence-electron chi connectivity index (χ1n) is 34.4. The van der Waals surface area contributed by atoms with Gasteiger partial charge in [0.15, 0.2) is 19.7 Å². The lowest BCUT2D eigenvalue weighted by molar-refractivity contribution is 0.669. The van der Waals surface area contributed by atoms with Crippen molar-refractivity contribution in [3.8, 4) is 34.4 Å². The van der Waals surface area contributed by atoms with Gasteiger partial charge in [0.1, 0.15) is 22.3 Å². The standard InChI is InChI=1S/C69H43N5O2Si/c1-3-21-45(22-4-1)77(46-23-5-2-6-24-46,48-38-41-64-56(43-48)52-29-12-17-36-62(52)75-64)47-25-19-20-44(42-47)67-70-68(55-31-10-16-35-60(55)73-57-32-13-7-26-49(57)50-27-8-14-33-58(50)73)72-69(71-67)74-59-34-15-9-30-54(59)65-61(74)40-39-53-51-28-11-18-37-63(51)76-66(53)65/h1-43H/i7D,8D,9D,10D,13D,14D,15D,16D,19D,20D,25D,26D,27D,30D,31D,32D,33D,34D,35D,42D. The van der Waals surface area contributed by atoms with Gasteiger partial charge in [-0.2, -0.15) is 9.97 Å². The van der Waals surface area contributed by atoms with Crippen LogP contribution in [-0.2, 0) is 0 Å². The predicted octanol–water partition coefficient (Wildman–Crippen LogP) is 14.6. The lowest BCUT2D eigenvalue weighted by Crippen LogP contribution is -2.74. The number of nitrogens with zero attached hydrogens (tertiary/aromatic N) is 5. The highest BCUT2D eigenvalue weighted by Gasteiger charge is 2.42. The molecule has 0 radical (unpaired) electrons. The molecular weight excluding hydrogens is 959 g/mol. The number of furan rings is 2. The Morgan fingerprint density at radius 1 is 0.377 bits per heavy atom. The van der Waals surface area contributed by atoms with Gasteiger partial charge in [-0.1, -0.05) is 200 Å². The first-order chi connectivity index (χ1) is 46.5. The van der Waals surface area contributed by atoms with Crippen molar-refractivity contribution in [1.82, 2.24) is 24.1 Å². The molecule has 0 saturated heterocycles. The summed E-state index contributed by atoms with van der Waals surface area (Å²) in [5, 5.41) is 3.74. The van der Waals surface area contributed by atoms with Crippen LogP contribution in [0.1, 0.15) is 27.4 Å². The summed E-state index contributed by atoms with van der Waals surface area (Å²) >= 11 is 0. The van der Waals surface area contributed by atoms with Gasteiger partial charge in [0, 0.05) is 48.8 Å². The second-order valence-electron chi connectivity index (χ2n) is 18.3. The molecule has 0 saturated carbocycles. The second kappa shape index (κ2) is 16.9. The quantitative estimate of drug-likeness (QED) is 0.112. The molecule has 0 atom stereocenters. The maximum Gasteiger partial charge on any atom is 0.238 e. The summed E-state index contributed by atoms with van der Waals surface area (Å²) in [5.41, 5.74) is -1.41. The molecule has 0 unspecified atom stereocenters. The molecule has 5 aromatic heterocycles. The van der Waals surface area contributed by atoms with E-state index in [2.05, 4.69) is 0 Å². The molecular formula is C69H43N5O2Si. The number of rotatable bonds is 8. The van der Waals surface area contributed by atoms with E-state index in [0.29, 0.717) is 48.5 Å². The van der Waals surface area contributed by atoms with Crippen LogP contribution in [0.25, 0.3) is 122 Å². The fourth-order valence-electron chi connectivity index (χ4n) is 11.1. The first kappa shape index (κ1) is 27.9. The second-order valence-corrected chi connectivity index (χ2v) is 22.1. The minimum absolute atomic E-state index is 0.0225.